The van der Waals surface area contributed by atoms with Crippen LogP contribution in [-0.4, -0.2) is 21.9 Å². The van der Waals surface area contributed by atoms with Gasteiger partial charge in [-0.1, -0.05) is 0 Å². The summed E-state index contributed by atoms with van der Waals surface area (Å²) >= 11 is 0. The molecule has 0 aliphatic carbocycles. The Balaban J connectivity index is 0. The molecule has 0 aromatic carbocycles. The van der Waals surface area contributed by atoms with Crippen molar-refractivity contribution in [2.75, 3.05) is 0 Å². The van der Waals surface area contributed by atoms with Gasteiger partial charge >= 0.3 is 0 Å². The highest BCUT2D eigenvalue weighted by atomic mass is 35.5. The summed E-state index contributed by atoms with van der Waals surface area (Å²) in [7, 11) is 2.02. The van der Waals surface area contributed by atoms with E-state index in [4.69, 9.17) is 0 Å². The van der Waals surface area contributed by atoms with Gasteiger partial charge in [0.1, 0.15) is 12.4 Å². The molecule has 0 bridgehead atoms. The van der Waals surface area contributed by atoms with E-state index in [2.05, 4.69) is 24.0 Å². The summed E-state index contributed by atoms with van der Waals surface area (Å²) in [5, 5.41) is 0. The molecule has 3 radical (unpaired) electrons. The molecule has 0 saturated heterocycles. The fraction of sp³-hybridized carbons (Fsp3) is 0.500. The minimum absolute atomic E-state index is 0. The van der Waals surface area contributed by atoms with Gasteiger partial charge in [0.2, 0.25) is 6.33 Å². The summed E-state index contributed by atoms with van der Waals surface area (Å²) in [6.07, 6.45) is 6.14. The molecule has 1 aromatic rings. The average Bonchev–Trinajstić information content (AvgIpc) is 2.14. The van der Waals surface area contributed by atoms with E-state index in [1.54, 1.807) is 0 Å². The monoisotopic (exact) mass is 173 g/mol. The van der Waals surface area contributed by atoms with Crippen LogP contribution in [0.25, 0.3) is 0 Å². The highest BCUT2D eigenvalue weighted by Gasteiger charge is 1.92. The SMILES string of the molecule is CCn1cc[n+](C)c1.[Al].[Cl-]. The lowest BCUT2D eigenvalue weighted by Gasteiger charge is -1.81. The highest BCUT2D eigenvalue weighted by Crippen LogP contribution is 1.79. The number of aryl methyl sites for hydroxylation is 2. The van der Waals surface area contributed by atoms with Crippen molar-refractivity contribution in [3.8, 4) is 0 Å². The summed E-state index contributed by atoms with van der Waals surface area (Å²) in [5.74, 6) is 0. The second kappa shape index (κ2) is 5.79. The quantitative estimate of drug-likeness (QED) is 0.315. The van der Waals surface area contributed by atoms with Crippen LogP contribution in [0.15, 0.2) is 18.7 Å². The summed E-state index contributed by atoms with van der Waals surface area (Å²) < 4.78 is 4.16. The highest BCUT2D eigenvalue weighted by molar-refractivity contribution is 5.75. The smallest absolute Gasteiger partial charge is 0.243 e. The van der Waals surface area contributed by atoms with Crippen molar-refractivity contribution < 1.29 is 17.0 Å². The number of rotatable bonds is 1. The number of hydrogen-bond acceptors (Lipinski definition) is 0. The third-order valence-corrected chi connectivity index (χ3v) is 1.19. The largest absolute Gasteiger partial charge is 1.00 e. The van der Waals surface area contributed by atoms with Crippen molar-refractivity contribution in [3.63, 3.8) is 0 Å². The van der Waals surface area contributed by atoms with Crippen molar-refractivity contribution in [2.45, 2.75) is 13.5 Å². The number of imidazole rings is 1. The molecule has 0 unspecified atom stereocenters. The maximum atomic E-state index is 2.12. The summed E-state index contributed by atoms with van der Waals surface area (Å²) in [5.41, 5.74) is 0. The van der Waals surface area contributed by atoms with Gasteiger partial charge in [0.05, 0.1) is 13.6 Å². The zero-order valence-corrected chi connectivity index (χ0v) is 8.20. The Kier molecular flexibility index (Phi) is 7.35. The van der Waals surface area contributed by atoms with Crippen LogP contribution in [0, 0.1) is 0 Å². The van der Waals surface area contributed by atoms with Gasteiger partial charge in [0.15, 0.2) is 0 Å². The van der Waals surface area contributed by atoms with E-state index in [1.807, 2.05) is 17.8 Å². The Morgan fingerprint density at radius 3 is 2.30 bits per heavy atom. The van der Waals surface area contributed by atoms with Crippen molar-refractivity contribution in [3.05, 3.63) is 18.7 Å². The van der Waals surface area contributed by atoms with E-state index in [0.29, 0.717) is 0 Å². The molecule has 1 aromatic heterocycles. The molecule has 4 heteroatoms. The fourth-order valence-corrected chi connectivity index (χ4v) is 0.689. The van der Waals surface area contributed by atoms with E-state index >= 15 is 0 Å². The van der Waals surface area contributed by atoms with Crippen LogP contribution in [0.1, 0.15) is 6.92 Å². The molecule has 0 spiro atoms. The number of nitrogens with zero attached hydrogens (tertiary/aromatic N) is 2. The Morgan fingerprint density at radius 2 is 2.10 bits per heavy atom. The summed E-state index contributed by atoms with van der Waals surface area (Å²) in [6, 6.07) is 0. The number of halogens is 1. The number of aromatic nitrogens is 2. The molecule has 0 aliphatic rings. The molecule has 0 amide bonds. The molecular weight excluding hydrogens is 163 g/mol. The minimum atomic E-state index is 0. The van der Waals surface area contributed by atoms with E-state index < -0.39 is 0 Å². The zero-order chi connectivity index (χ0) is 5.98. The van der Waals surface area contributed by atoms with Crippen molar-refractivity contribution in [1.82, 2.24) is 4.57 Å². The maximum Gasteiger partial charge on any atom is 0.243 e. The first-order valence-corrected chi connectivity index (χ1v) is 2.84. The van der Waals surface area contributed by atoms with Crippen LogP contribution in [0.4, 0.5) is 0 Å². The van der Waals surface area contributed by atoms with Gasteiger partial charge < -0.3 is 12.4 Å². The molecule has 0 N–H and O–H groups in total. The third-order valence-electron chi connectivity index (χ3n) is 1.19. The molecular formula is C6H11AlClN2. The van der Waals surface area contributed by atoms with E-state index in [-0.39, 0.29) is 29.8 Å². The van der Waals surface area contributed by atoms with Crippen molar-refractivity contribution in [2.24, 2.45) is 7.05 Å². The van der Waals surface area contributed by atoms with E-state index in [1.165, 1.54) is 0 Å². The first kappa shape index (κ1) is 12.7. The Hall–Kier alpha value is 0.0325. The summed E-state index contributed by atoms with van der Waals surface area (Å²) in [4.78, 5) is 0. The van der Waals surface area contributed by atoms with E-state index in [9.17, 15) is 0 Å². The van der Waals surface area contributed by atoms with Gasteiger partial charge in [-0.2, -0.15) is 0 Å². The van der Waals surface area contributed by atoms with Crippen LogP contribution < -0.4 is 17.0 Å². The lowest BCUT2D eigenvalue weighted by molar-refractivity contribution is -0.671. The van der Waals surface area contributed by atoms with Crippen molar-refractivity contribution >= 4 is 17.4 Å². The zero-order valence-electron chi connectivity index (χ0n) is 6.29. The topological polar surface area (TPSA) is 8.81 Å². The van der Waals surface area contributed by atoms with Crippen LogP contribution in [0.3, 0.4) is 0 Å². The van der Waals surface area contributed by atoms with Gasteiger partial charge in [-0.25, -0.2) is 9.13 Å². The second-order valence-corrected chi connectivity index (χ2v) is 1.91. The first-order chi connectivity index (χ1) is 3.83. The molecule has 1 rings (SSSR count). The Labute approximate surface area is 78.4 Å². The van der Waals surface area contributed by atoms with Gasteiger partial charge in [-0.3, -0.25) is 0 Å². The van der Waals surface area contributed by atoms with Crippen LogP contribution in [-0.2, 0) is 13.6 Å². The predicted octanol–water partition coefficient (Wildman–Crippen LogP) is -3.04. The maximum absolute atomic E-state index is 2.12. The second-order valence-electron chi connectivity index (χ2n) is 1.91. The average molecular weight is 174 g/mol. The number of hydrogen-bond donors (Lipinski definition) is 0. The van der Waals surface area contributed by atoms with Gasteiger partial charge in [-0.05, 0) is 6.92 Å². The minimum Gasteiger partial charge on any atom is -1.00 e. The van der Waals surface area contributed by atoms with Gasteiger partial charge in [0, 0.05) is 17.4 Å². The lowest BCUT2D eigenvalue weighted by Crippen LogP contribution is -3.00. The first-order valence-electron chi connectivity index (χ1n) is 2.84. The van der Waals surface area contributed by atoms with Crippen LogP contribution >= 0.6 is 0 Å². The van der Waals surface area contributed by atoms with Gasteiger partial charge in [-0.15, -0.1) is 0 Å². The third kappa shape index (κ3) is 3.26. The fourth-order valence-electron chi connectivity index (χ4n) is 0.689. The van der Waals surface area contributed by atoms with Crippen molar-refractivity contribution in [1.29, 1.82) is 0 Å². The Morgan fingerprint density at radius 1 is 1.50 bits per heavy atom. The molecule has 0 atom stereocenters. The molecule has 55 valence electrons. The van der Waals surface area contributed by atoms with E-state index in [0.717, 1.165) is 6.54 Å². The Bertz CT molecular complexity index is 176. The van der Waals surface area contributed by atoms with Gasteiger partial charge in [0.25, 0.3) is 0 Å². The molecule has 0 fully saturated rings. The van der Waals surface area contributed by atoms with Crippen LogP contribution in [0.2, 0.25) is 0 Å². The lowest BCUT2D eigenvalue weighted by atomic mass is 10.7. The predicted molar refractivity (Wildman–Crippen MR) is 37.0 cm³/mol. The van der Waals surface area contributed by atoms with Crippen LogP contribution in [0.5, 0.6) is 0 Å². The molecule has 2 nitrogen and oxygen atoms in total. The normalized spacial score (nSPS) is 7.80. The molecule has 10 heavy (non-hydrogen) atoms. The summed E-state index contributed by atoms with van der Waals surface area (Å²) in [6.45, 7) is 3.18. The molecule has 0 aliphatic heterocycles. The molecule has 0 saturated carbocycles. The molecule has 1 heterocycles. The standard InChI is InChI=1S/C6H11N2.Al.ClH/c1-3-8-5-4-7(2)6-8;;/h4-6H,3H2,1-2H3;;1H/q+1;;/p-1.